The summed E-state index contributed by atoms with van der Waals surface area (Å²) in [6, 6.07) is 6.64. The van der Waals surface area contributed by atoms with E-state index in [1.165, 1.54) is 22.3 Å². The molecule has 0 fully saturated rings. The average molecular weight is 261 g/mol. The van der Waals surface area contributed by atoms with Gasteiger partial charge in [-0.2, -0.15) is 11.3 Å². The summed E-state index contributed by atoms with van der Waals surface area (Å²) in [7, 11) is 3.72. The molecule has 2 aromatic rings. The Morgan fingerprint density at radius 3 is 2.61 bits per heavy atom. The monoisotopic (exact) mass is 261 g/mol. The maximum absolute atomic E-state index is 5.55. The second-order valence-corrected chi connectivity index (χ2v) is 5.26. The molecule has 1 heterocycles. The number of methoxy groups -OCH3 is 1. The van der Waals surface area contributed by atoms with Gasteiger partial charge in [-0.1, -0.05) is 6.07 Å². The molecule has 2 nitrogen and oxygen atoms in total. The van der Waals surface area contributed by atoms with Crippen molar-refractivity contribution in [2.45, 2.75) is 19.9 Å². The Morgan fingerprint density at radius 2 is 2.06 bits per heavy atom. The van der Waals surface area contributed by atoms with Crippen LogP contribution in [0.15, 0.2) is 29.0 Å². The van der Waals surface area contributed by atoms with E-state index in [1.807, 2.05) is 7.05 Å². The van der Waals surface area contributed by atoms with Crippen LogP contribution in [-0.4, -0.2) is 14.2 Å². The maximum Gasteiger partial charge on any atom is 0.124 e. The van der Waals surface area contributed by atoms with E-state index in [9.17, 15) is 0 Å². The zero-order valence-electron chi connectivity index (χ0n) is 11.3. The third kappa shape index (κ3) is 2.42. The zero-order valence-corrected chi connectivity index (χ0v) is 12.1. The van der Waals surface area contributed by atoms with Crippen LogP contribution in [0.5, 0.6) is 5.75 Å². The highest BCUT2D eigenvalue weighted by Gasteiger charge is 2.19. The van der Waals surface area contributed by atoms with Crippen LogP contribution in [0.2, 0.25) is 0 Å². The van der Waals surface area contributed by atoms with Crippen molar-refractivity contribution in [3.8, 4) is 5.75 Å². The highest BCUT2D eigenvalue weighted by molar-refractivity contribution is 7.08. The third-order valence-corrected chi connectivity index (χ3v) is 3.87. The van der Waals surface area contributed by atoms with Gasteiger partial charge in [0.25, 0.3) is 0 Å². The van der Waals surface area contributed by atoms with Gasteiger partial charge in [-0.25, -0.2) is 0 Å². The van der Waals surface area contributed by atoms with Crippen molar-refractivity contribution in [1.29, 1.82) is 0 Å². The predicted octanol–water partition coefficient (Wildman–Crippen LogP) is 3.68. The average Bonchev–Trinajstić information content (AvgIpc) is 2.85. The number of ether oxygens (including phenoxy) is 1. The summed E-state index contributed by atoms with van der Waals surface area (Å²) in [6.07, 6.45) is 0. The Morgan fingerprint density at radius 1 is 1.28 bits per heavy atom. The first-order valence-corrected chi connectivity index (χ1v) is 6.96. The van der Waals surface area contributed by atoms with Crippen LogP contribution in [0, 0.1) is 13.8 Å². The standard InChI is InChI=1S/C15H19NOS/c1-10-7-11(2)14(13(8-10)17-4)15(16-3)12-5-6-18-9-12/h5-9,15-16H,1-4H3. The molecule has 1 aromatic heterocycles. The minimum atomic E-state index is 0.187. The molecule has 0 radical (unpaired) electrons. The Bertz CT molecular complexity index is 520. The molecule has 0 bridgehead atoms. The van der Waals surface area contributed by atoms with E-state index in [0.29, 0.717) is 0 Å². The first-order chi connectivity index (χ1) is 8.67. The van der Waals surface area contributed by atoms with E-state index in [-0.39, 0.29) is 6.04 Å². The van der Waals surface area contributed by atoms with E-state index in [1.54, 1.807) is 18.4 Å². The smallest absolute Gasteiger partial charge is 0.124 e. The molecule has 0 spiro atoms. The van der Waals surface area contributed by atoms with Crippen LogP contribution in [0.4, 0.5) is 0 Å². The van der Waals surface area contributed by atoms with Gasteiger partial charge in [-0.15, -0.1) is 0 Å². The minimum absolute atomic E-state index is 0.187. The molecule has 0 saturated heterocycles. The fourth-order valence-corrected chi connectivity index (χ4v) is 3.08. The molecule has 0 aliphatic heterocycles. The van der Waals surface area contributed by atoms with Crippen LogP contribution in [0.1, 0.15) is 28.3 Å². The molecule has 0 aliphatic rings. The lowest BCUT2D eigenvalue weighted by Gasteiger charge is -2.21. The van der Waals surface area contributed by atoms with Crippen molar-refractivity contribution >= 4 is 11.3 Å². The zero-order chi connectivity index (χ0) is 13.1. The Hall–Kier alpha value is -1.32. The van der Waals surface area contributed by atoms with E-state index in [2.05, 4.69) is 48.1 Å². The molecule has 0 aliphatic carbocycles. The summed E-state index contributed by atoms with van der Waals surface area (Å²) in [5.74, 6) is 0.957. The van der Waals surface area contributed by atoms with Crippen LogP contribution in [0.25, 0.3) is 0 Å². The largest absolute Gasteiger partial charge is 0.496 e. The number of nitrogens with one attached hydrogen (secondary N) is 1. The molecule has 1 N–H and O–H groups in total. The van der Waals surface area contributed by atoms with Gasteiger partial charge in [0, 0.05) is 5.56 Å². The molecule has 18 heavy (non-hydrogen) atoms. The second kappa shape index (κ2) is 5.55. The van der Waals surface area contributed by atoms with Crippen molar-refractivity contribution in [2.75, 3.05) is 14.2 Å². The summed E-state index contributed by atoms with van der Waals surface area (Å²) in [6.45, 7) is 4.24. The van der Waals surface area contributed by atoms with Gasteiger partial charge in [0.1, 0.15) is 5.75 Å². The topological polar surface area (TPSA) is 21.3 Å². The molecular formula is C15H19NOS. The normalized spacial score (nSPS) is 12.4. The molecule has 1 unspecified atom stereocenters. The van der Waals surface area contributed by atoms with Gasteiger partial charge in [-0.3, -0.25) is 0 Å². The van der Waals surface area contributed by atoms with Crippen LogP contribution in [0.3, 0.4) is 0 Å². The van der Waals surface area contributed by atoms with Crippen molar-refractivity contribution in [2.24, 2.45) is 0 Å². The number of rotatable bonds is 4. The highest BCUT2D eigenvalue weighted by atomic mass is 32.1. The molecule has 1 aromatic carbocycles. The van der Waals surface area contributed by atoms with Crippen molar-refractivity contribution < 1.29 is 4.74 Å². The van der Waals surface area contributed by atoms with E-state index in [0.717, 1.165) is 5.75 Å². The number of hydrogen-bond donors (Lipinski definition) is 1. The Labute approximate surface area is 113 Å². The Balaban J connectivity index is 2.55. The maximum atomic E-state index is 5.55. The van der Waals surface area contributed by atoms with Gasteiger partial charge in [0.15, 0.2) is 0 Å². The van der Waals surface area contributed by atoms with Crippen molar-refractivity contribution in [3.05, 3.63) is 51.2 Å². The van der Waals surface area contributed by atoms with Crippen molar-refractivity contribution in [3.63, 3.8) is 0 Å². The predicted molar refractivity (Wildman–Crippen MR) is 77.7 cm³/mol. The molecule has 2 rings (SSSR count). The van der Waals surface area contributed by atoms with Crippen LogP contribution >= 0.6 is 11.3 Å². The third-order valence-electron chi connectivity index (χ3n) is 3.17. The fourth-order valence-electron chi connectivity index (χ4n) is 2.40. The van der Waals surface area contributed by atoms with E-state index in [4.69, 9.17) is 4.74 Å². The second-order valence-electron chi connectivity index (χ2n) is 4.48. The lowest BCUT2D eigenvalue weighted by Crippen LogP contribution is -2.19. The fraction of sp³-hybridized carbons (Fsp3) is 0.333. The SMILES string of the molecule is CNC(c1ccsc1)c1c(C)cc(C)cc1OC. The first kappa shape index (κ1) is 13.1. The Kier molecular flexibility index (Phi) is 4.04. The lowest BCUT2D eigenvalue weighted by molar-refractivity contribution is 0.404. The number of benzene rings is 1. The van der Waals surface area contributed by atoms with Crippen LogP contribution in [-0.2, 0) is 0 Å². The quantitative estimate of drug-likeness (QED) is 0.906. The van der Waals surface area contributed by atoms with Crippen molar-refractivity contribution in [1.82, 2.24) is 5.32 Å². The summed E-state index contributed by atoms with van der Waals surface area (Å²) < 4.78 is 5.55. The van der Waals surface area contributed by atoms with Gasteiger partial charge < -0.3 is 10.1 Å². The minimum Gasteiger partial charge on any atom is -0.496 e. The van der Waals surface area contributed by atoms with Gasteiger partial charge in [0.2, 0.25) is 0 Å². The van der Waals surface area contributed by atoms with Crippen LogP contribution < -0.4 is 10.1 Å². The summed E-state index contributed by atoms with van der Waals surface area (Å²) in [4.78, 5) is 0. The highest BCUT2D eigenvalue weighted by Crippen LogP contribution is 2.34. The first-order valence-electron chi connectivity index (χ1n) is 6.02. The van der Waals surface area contributed by atoms with Gasteiger partial charge in [-0.05, 0) is 60.5 Å². The molecule has 96 valence electrons. The van der Waals surface area contributed by atoms with Gasteiger partial charge in [0.05, 0.1) is 13.2 Å². The number of aryl methyl sites for hydroxylation is 2. The summed E-state index contributed by atoms with van der Waals surface area (Å²) >= 11 is 1.72. The number of thiophene rings is 1. The molecule has 0 saturated carbocycles. The van der Waals surface area contributed by atoms with Gasteiger partial charge >= 0.3 is 0 Å². The van der Waals surface area contributed by atoms with E-state index < -0.39 is 0 Å². The molecule has 1 atom stereocenters. The lowest BCUT2D eigenvalue weighted by atomic mass is 9.94. The molecule has 0 amide bonds. The molecular weight excluding hydrogens is 242 g/mol. The summed E-state index contributed by atoms with van der Waals surface area (Å²) in [5, 5.41) is 7.67. The summed E-state index contributed by atoms with van der Waals surface area (Å²) in [5.41, 5.74) is 5.00. The van der Waals surface area contributed by atoms with E-state index >= 15 is 0 Å². The number of hydrogen-bond acceptors (Lipinski definition) is 3. The molecule has 3 heteroatoms.